The summed E-state index contributed by atoms with van der Waals surface area (Å²) in [6.45, 7) is 2.08. The summed E-state index contributed by atoms with van der Waals surface area (Å²) >= 11 is 0. The van der Waals surface area contributed by atoms with Crippen molar-refractivity contribution >= 4 is 5.97 Å². The number of fused-ring (bicyclic) bond motifs is 1. The lowest BCUT2D eigenvalue weighted by Gasteiger charge is -2.25. The van der Waals surface area contributed by atoms with Gasteiger partial charge in [0, 0.05) is 6.07 Å². The predicted molar refractivity (Wildman–Crippen MR) is 67.5 cm³/mol. The number of carbonyl (C=O) groups excluding carboxylic acids is 1. The third-order valence-corrected chi connectivity index (χ3v) is 3.06. The highest BCUT2D eigenvalue weighted by Gasteiger charge is 2.33. The van der Waals surface area contributed by atoms with E-state index in [4.69, 9.17) is 18.9 Å². The van der Waals surface area contributed by atoms with Crippen molar-refractivity contribution in [2.45, 2.75) is 12.5 Å². The predicted octanol–water partition coefficient (Wildman–Crippen LogP) is 0.945. The van der Waals surface area contributed by atoms with E-state index in [1.807, 2.05) is 0 Å². The van der Waals surface area contributed by atoms with E-state index in [0.29, 0.717) is 17.2 Å². The van der Waals surface area contributed by atoms with Gasteiger partial charge in [-0.05, 0) is 26.1 Å². The highest BCUT2D eigenvalue weighted by Crippen LogP contribution is 2.35. The van der Waals surface area contributed by atoms with E-state index in [0.717, 1.165) is 0 Å². The maximum atomic E-state index is 11.7. The van der Waals surface area contributed by atoms with Crippen LogP contribution in [0.25, 0.3) is 0 Å². The molecule has 0 bridgehead atoms. The van der Waals surface area contributed by atoms with Crippen LogP contribution in [0.4, 0.5) is 0 Å². The molecule has 1 N–H and O–H groups in total. The minimum Gasteiger partial charge on any atom is -0.491 e. The molecular weight excluding hydrogens is 250 g/mol. The molecule has 6 heteroatoms. The van der Waals surface area contributed by atoms with E-state index in [2.05, 4.69) is 5.32 Å². The lowest BCUT2D eigenvalue weighted by molar-refractivity contribution is -0.148. The Kier molecular flexibility index (Phi) is 3.80. The molecule has 0 spiro atoms. The Morgan fingerprint density at radius 2 is 2.16 bits per heavy atom. The smallest absolute Gasteiger partial charge is 0.329 e. The average molecular weight is 267 g/mol. The van der Waals surface area contributed by atoms with E-state index in [1.54, 1.807) is 32.2 Å². The molecule has 1 aliphatic rings. The van der Waals surface area contributed by atoms with Crippen LogP contribution < -0.4 is 19.5 Å². The number of methoxy groups -OCH3 is 1. The minimum atomic E-state index is -0.898. The summed E-state index contributed by atoms with van der Waals surface area (Å²) in [5.74, 6) is 1.56. The molecule has 0 saturated heterocycles. The fourth-order valence-electron chi connectivity index (χ4n) is 1.65. The molecule has 1 aromatic carbocycles. The lowest BCUT2D eigenvalue weighted by Crippen LogP contribution is -2.52. The van der Waals surface area contributed by atoms with Crippen molar-refractivity contribution in [1.82, 2.24) is 5.32 Å². The van der Waals surface area contributed by atoms with Crippen LogP contribution in [0.15, 0.2) is 18.2 Å². The molecule has 0 aliphatic carbocycles. The Balaban J connectivity index is 2.03. The van der Waals surface area contributed by atoms with Crippen molar-refractivity contribution in [1.29, 1.82) is 0 Å². The molecule has 2 rings (SSSR count). The number of likely N-dealkylation sites (N-methyl/N-ethyl adjacent to an activating group) is 1. The first-order valence-corrected chi connectivity index (χ1v) is 5.89. The van der Waals surface area contributed by atoms with Gasteiger partial charge in [-0.3, -0.25) is 0 Å². The van der Waals surface area contributed by atoms with Crippen molar-refractivity contribution in [2.24, 2.45) is 0 Å². The summed E-state index contributed by atoms with van der Waals surface area (Å²) < 4.78 is 20.8. The van der Waals surface area contributed by atoms with Crippen LogP contribution in [0.5, 0.6) is 17.2 Å². The molecule has 1 aliphatic heterocycles. The topological polar surface area (TPSA) is 66.0 Å². The number of nitrogens with one attached hydrogen (secondary N) is 1. The molecular formula is C13H17NO5. The second kappa shape index (κ2) is 5.36. The third kappa shape index (κ3) is 2.73. The zero-order chi connectivity index (χ0) is 13.9. The lowest BCUT2D eigenvalue weighted by atomic mass is 10.1. The number of carbonyl (C=O) groups is 1. The maximum absolute atomic E-state index is 11.7. The quantitative estimate of drug-likeness (QED) is 0.801. The number of ether oxygens (including phenoxy) is 4. The summed E-state index contributed by atoms with van der Waals surface area (Å²) in [7, 11) is 3.03. The van der Waals surface area contributed by atoms with Gasteiger partial charge in [0.15, 0.2) is 11.5 Å². The first kappa shape index (κ1) is 13.5. The SMILES string of the molecule is CNC(C)(COc1ccc2c(c1)OCO2)C(=O)OC. The van der Waals surface area contributed by atoms with Crippen LogP contribution in [0.2, 0.25) is 0 Å². The van der Waals surface area contributed by atoms with Gasteiger partial charge in [-0.1, -0.05) is 0 Å². The van der Waals surface area contributed by atoms with E-state index in [9.17, 15) is 4.79 Å². The van der Waals surface area contributed by atoms with Gasteiger partial charge in [0.05, 0.1) is 7.11 Å². The Hall–Kier alpha value is -1.95. The fourth-order valence-corrected chi connectivity index (χ4v) is 1.65. The molecule has 6 nitrogen and oxygen atoms in total. The van der Waals surface area contributed by atoms with Gasteiger partial charge in [0.25, 0.3) is 0 Å². The number of benzene rings is 1. The molecule has 0 fully saturated rings. The number of hydrogen-bond donors (Lipinski definition) is 1. The van der Waals surface area contributed by atoms with Crippen LogP contribution in [-0.4, -0.2) is 39.1 Å². The fraction of sp³-hybridized carbons (Fsp3) is 0.462. The van der Waals surface area contributed by atoms with Crippen LogP contribution in [-0.2, 0) is 9.53 Å². The molecule has 0 amide bonds. The number of esters is 1. The number of hydrogen-bond acceptors (Lipinski definition) is 6. The molecule has 1 atom stereocenters. The third-order valence-electron chi connectivity index (χ3n) is 3.06. The first-order chi connectivity index (χ1) is 9.09. The molecule has 1 aromatic rings. The second-order valence-corrected chi connectivity index (χ2v) is 4.38. The van der Waals surface area contributed by atoms with Crippen LogP contribution >= 0.6 is 0 Å². The van der Waals surface area contributed by atoms with Crippen molar-refractivity contribution in [3.05, 3.63) is 18.2 Å². The highest BCUT2D eigenvalue weighted by molar-refractivity contribution is 5.80. The van der Waals surface area contributed by atoms with Crippen LogP contribution in [0.3, 0.4) is 0 Å². The van der Waals surface area contributed by atoms with Crippen LogP contribution in [0.1, 0.15) is 6.92 Å². The zero-order valence-corrected chi connectivity index (χ0v) is 11.2. The van der Waals surface area contributed by atoms with Crippen molar-refractivity contribution in [3.63, 3.8) is 0 Å². The molecule has 0 saturated carbocycles. The molecule has 19 heavy (non-hydrogen) atoms. The van der Waals surface area contributed by atoms with Gasteiger partial charge >= 0.3 is 5.97 Å². The van der Waals surface area contributed by atoms with Gasteiger partial charge in [-0.2, -0.15) is 0 Å². The highest BCUT2D eigenvalue weighted by atomic mass is 16.7. The van der Waals surface area contributed by atoms with Gasteiger partial charge in [0.1, 0.15) is 17.9 Å². The molecule has 0 radical (unpaired) electrons. The second-order valence-electron chi connectivity index (χ2n) is 4.38. The zero-order valence-electron chi connectivity index (χ0n) is 11.2. The molecule has 1 unspecified atom stereocenters. The van der Waals surface area contributed by atoms with Gasteiger partial charge in [-0.15, -0.1) is 0 Å². The summed E-state index contributed by atoms with van der Waals surface area (Å²) in [6, 6.07) is 5.27. The van der Waals surface area contributed by atoms with Gasteiger partial charge in [-0.25, -0.2) is 4.79 Å². The Morgan fingerprint density at radius 3 is 2.84 bits per heavy atom. The van der Waals surface area contributed by atoms with Crippen molar-refractivity contribution < 1.29 is 23.7 Å². The van der Waals surface area contributed by atoms with Gasteiger partial charge in [0.2, 0.25) is 6.79 Å². The average Bonchev–Trinajstić information content (AvgIpc) is 2.91. The first-order valence-electron chi connectivity index (χ1n) is 5.89. The normalized spacial score (nSPS) is 15.7. The van der Waals surface area contributed by atoms with Gasteiger partial charge < -0.3 is 24.3 Å². The summed E-state index contributed by atoms with van der Waals surface area (Å²) in [6.07, 6.45) is 0. The van der Waals surface area contributed by atoms with E-state index in [1.165, 1.54) is 7.11 Å². The summed E-state index contributed by atoms with van der Waals surface area (Å²) in [5, 5.41) is 2.90. The van der Waals surface area contributed by atoms with E-state index >= 15 is 0 Å². The molecule has 1 heterocycles. The summed E-state index contributed by atoms with van der Waals surface area (Å²) in [4.78, 5) is 11.7. The Morgan fingerprint density at radius 1 is 1.42 bits per heavy atom. The van der Waals surface area contributed by atoms with Crippen molar-refractivity contribution in [2.75, 3.05) is 27.6 Å². The Labute approximate surface area is 111 Å². The maximum Gasteiger partial charge on any atom is 0.329 e. The largest absolute Gasteiger partial charge is 0.491 e. The number of rotatable bonds is 5. The van der Waals surface area contributed by atoms with Crippen molar-refractivity contribution in [3.8, 4) is 17.2 Å². The Bertz CT molecular complexity index is 476. The standard InChI is InChI=1S/C13H17NO5/c1-13(14-2,12(15)16-3)7-17-9-4-5-10-11(6-9)19-8-18-10/h4-6,14H,7-8H2,1-3H3. The monoisotopic (exact) mass is 267 g/mol. The van der Waals surface area contributed by atoms with E-state index in [-0.39, 0.29) is 19.4 Å². The minimum absolute atomic E-state index is 0.149. The summed E-state index contributed by atoms with van der Waals surface area (Å²) in [5.41, 5.74) is -0.898. The van der Waals surface area contributed by atoms with Crippen LogP contribution in [0, 0.1) is 0 Å². The van der Waals surface area contributed by atoms with E-state index < -0.39 is 5.54 Å². The molecule has 104 valence electrons. The molecule has 0 aromatic heterocycles.